The van der Waals surface area contributed by atoms with Gasteiger partial charge in [0.2, 0.25) is 0 Å². The van der Waals surface area contributed by atoms with Crippen molar-refractivity contribution in [3.05, 3.63) is 36.2 Å². The number of carbonyl (C=O) groups is 1. The van der Waals surface area contributed by atoms with Crippen molar-refractivity contribution in [3.8, 4) is 0 Å². The van der Waals surface area contributed by atoms with Crippen LogP contribution in [-0.2, 0) is 0 Å². The van der Waals surface area contributed by atoms with Crippen LogP contribution in [0.4, 0.5) is 0 Å². The highest BCUT2D eigenvalue weighted by Crippen LogP contribution is 2.15. The van der Waals surface area contributed by atoms with Gasteiger partial charge in [-0.05, 0) is 25.5 Å². The Hall–Kier alpha value is -1.44. The van der Waals surface area contributed by atoms with Crippen molar-refractivity contribution in [2.75, 3.05) is 0 Å². The van der Waals surface area contributed by atoms with Gasteiger partial charge in [0.1, 0.15) is 0 Å². The molecule has 0 aliphatic carbocycles. The number of nitrogens with zero attached hydrogens (tertiary/aromatic N) is 1. The maximum absolute atomic E-state index is 11.1. The predicted octanol–water partition coefficient (Wildman–Crippen LogP) is 2.32. The van der Waals surface area contributed by atoms with Crippen molar-refractivity contribution in [2.45, 2.75) is 13.8 Å². The van der Waals surface area contributed by atoms with E-state index in [0.717, 1.165) is 11.1 Å². The zero-order valence-corrected chi connectivity index (χ0v) is 7.29. The maximum Gasteiger partial charge on any atom is 0.160 e. The largest absolute Gasteiger partial charge is 0.294 e. The molecule has 1 heterocycles. The summed E-state index contributed by atoms with van der Waals surface area (Å²) in [7, 11) is 0. The van der Waals surface area contributed by atoms with Crippen molar-refractivity contribution in [1.29, 1.82) is 0 Å². The van der Waals surface area contributed by atoms with Gasteiger partial charge in [-0.3, -0.25) is 9.78 Å². The van der Waals surface area contributed by atoms with Gasteiger partial charge >= 0.3 is 0 Å². The summed E-state index contributed by atoms with van der Waals surface area (Å²) in [4.78, 5) is 15.0. The van der Waals surface area contributed by atoms with Crippen LogP contribution in [0.25, 0.3) is 5.57 Å². The van der Waals surface area contributed by atoms with E-state index in [1.54, 1.807) is 25.4 Å². The standard InChI is InChI=1S/C10H11NO/c1-7(2)10-6-11-5-4-9(10)8(3)12/h4-6H,1H2,2-3H3. The molecule has 0 radical (unpaired) electrons. The lowest BCUT2D eigenvalue weighted by Gasteiger charge is -2.03. The van der Waals surface area contributed by atoms with E-state index in [4.69, 9.17) is 0 Å². The summed E-state index contributed by atoms with van der Waals surface area (Å²) in [6.07, 6.45) is 3.28. The molecule has 1 aromatic heterocycles. The molecule has 0 bridgehead atoms. The molecule has 0 saturated heterocycles. The van der Waals surface area contributed by atoms with Gasteiger partial charge in [0, 0.05) is 23.5 Å². The third kappa shape index (κ3) is 1.59. The van der Waals surface area contributed by atoms with Crippen LogP contribution in [0.1, 0.15) is 29.8 Å². The predicted molar refractivity (Wildman–Crippen MR) is 48.9 cm³/mol. The summed E-state index contributed by atoms with van der Waals surface area (Å²) in [5.41, 5.74) is 2.40. The Bertz CT molecular complexity index is 295. The first-order chi connectivity index (χ1) is 5.63. The Morgan fingerprint density at radius 1 is 1.42 bits per heavy atom. The first-order valence-corrected chi connectivity index (χ1v) is 3.73. The van der Waals surface area contributed by atoms with Crippen LogP contribution in [0.5, 0.6) is 0 Å². The van der Waals surface area contributed by atoms with Crippen molar-refractivity contribution >= 4 is 11.4 Å². The van der Waals surface area contributed by atoms with Crippen LogP contribution in [0.15, 0.2) is 25.0 Å². The van der Waals surface area contributed by atoms with E-state index < -0.39 is 0 Å². The van der Waals surface area contributed by atoms with Crippen molar-refractivity contribution in [3.63, 3.8) is 0 Å². The lowest BCUT2D eigenvalue weighted by atomic mass is 10.0. The zero-order chi connectivity index (χ0) is 9.14. The number of Topliss-reactive ketones (excluding diaryl/α,β-unsaturated/α-hetero) is 1. The molecule has 0 atom stereocenters. The summed E-state index contributed by atoms with van der Waals surface area (Å²) >= 11 is 0. The van der Waals surface area contributed by atoms with Gasteiger partial charge in [0.15, 0.2) is 5.78 Å². The molecule has 0 aliphatic rings. The molecule has 12 heavy (non-hydrogen) atoms. The highest BCUT2D eigenvalue weighted by Gasteiger charge is 2.05. The zero-order valence-electron chi connectivity index (χ0n) is 7.29. The molecule has 1 aromatic rings. The molecular weight excluding hydrogens is 150 g/mol. The minimum absolute atomic E-state index is 0.0513. The molecule has 1 rings (SSSR count). The van der Waals surface area contributed by atoms with Gasteiger partial charge in [0.25, 0.3) is 0 Å². The quantitative estimate of drug-likeness (QED) is 0.623. The smallest absolute Gasteiger partial charge is 0.160 e. The van der Waals surface area contributed by atoms with Crippen LogP contribution < -0.4 is 0 Å². The molecule has 62 valence electrons. The van der Waals surface area contributed by atoms with Gasteiger partial charge in [-0.1, -0.05) is 6.58 Å². The average molecular weight is 161 g/mol. The van der Waals surface area contributed by atoms with E-state index in [1.807, 2.05) is 6.92 Å². The van der Waals surface area contributed by atoms with E-state index in [9.17, 15) is 4.79 Å². The fourth-order valence-electron chi connectivity index (χ4n) is 1.04. The van der Waals surface area contributed by atoms with Gasteiger partial charge in [0.05, 0.1) is 0 Å². The number of pyridine rings is 1. The SMILES string of the molecule is C=C(C)c1cnccc1C(C)=O. The number of rotatable bonds is 2. The maximum atomic E-state index is 11.1. The second kappa shape index (κ2) is 3.30. The van der Waals surface area contributed by atoms with Crippen LogP contribution in [0.2, 0.25) is 0 Å². The molecule has 0 fully saturated rings. The Labute approximate surface area is 71.9 Å². The Balaban J connectivity index is 3.27. The fourth-order valence-corrected chi connectivity index (χ4v) is 1.04. The summed E-state index contributed by atoms with van der Waals surface area (Å²) in [6, 6.07) is 1.71. The van der Waals surface area contributed by atoms with Crippen LogP contribution >= 0.6 is 0 Å². The lowest BCUT2D eigenvalue weighted by molar-refractivity contribution is 0.101. The van der Waals surface area contributed by atoms with E-state index >= 15 is 0 Å². The first-order valence-electron chi connectivity index (χ1n) is 3.73. The molecule has 0 amide bonds. The molecule has 2 nitrogen and oxygen atoms in total. The second-order valence-corrected chi connectivity index (χ2v) is 2.76. The Morgan fingerprint density at radius 2 is 2.08 bits per heavy atom. The van der Waals surface area contributed by atoms with E-state index in [-0.39, 0.29) is 5.78 Å². The first kappa shape index (κ1) is 8.65. The van der Waals surface area contributed by atoms with Gasteiger partial charge in [-0.25, -0.2) is 0 Å². The highest BCUT2D eigenvalue weighted by molar-refractivity contribution is 5.98. The molecule has 0 aromatic carbocycles. The minimum atomic E-state index is 0.0513. The number of aromatic nitrogens is 1. The third-order valence-electron chi connectivity index (χ3n) is 1.66. The summed E-state index contributed by atoms with van der Waals surface area (Å²) in [5.74, 6) is 0.0513. The number of ketones is 1. The minimum Gasteiger partial charge on any atom is -0.294 e. The number of hydrogen-bond acceptors (Lipinski definition) is 2. The number of allylic oxidation sites excluding steroid dienone is 1. The van der Waals surface area contributed by atoms with Crippen LogP contribution in [-0.4, -0.2) is 10.8 Å². The summed E-state index contributed by atoms with van der Waals surface area (Å²) in [6.45, 7) is 7.18. The van der Waals surface area contributed by atoms with E-state index in [0.29, 0.717) is 5.56 Å². The molecule has 0 N–H and O–H groups in total. The summed E-state index contributed by atoms with van der Waals surface area (Å²) in [5, 5.41) is 0. The molecular formula is C10H11NO. The highest BCUT2D eigenvalue weighted by atomic mass is 16.1. The van der Waals surface area contributed by atoms with Crippen LogP contribution in [0.3, 0.4) is 0 Å². The number of carbonyl (C=O) groups excluding carboxylic acids is 1. The molecule has 0 unspecified atom stereocenters. The molecule has 2 heteroatoms. The molecule has 0 spiro atoms. The molecule has 0 saturated carbocycles. The Kier molecular flexibility index (Phi) is 2.38. The second-order valence-electron chi connectivity index (χ2n) is 2.76. The fraction of sp³-hybridized carbons (Fsp3) is 0.200. The molecule has 0 aliphatic heterocycles. The summed E-state index contributed by atoms with van der Waals surface area (Å²) < 4.78 is 0. The van der Waals surface area contributed by atoms with Crippen molar-refractivity contribution in [1.82, 2.24) is 4.98 Å². The third-order valence-corrected chi connectivity index (χ3v) is 1.66. The topological polar surface area (TPSA) is 30.0 Å². The van der Waals surface area contributed by atoms with E-state index in [2.05, 4.69) is 11.6 Å². The Morgan fingerprint density at radius 3 is 2.50 bits per heavy atom. The van der Waals surface area contributed by atoms with Crippen molar-refractivity contribution < 1.29 is 4.79 Å². The average Bonchev–Trinajstić information content (AvgIpc) is 2.04. The van der Waals surface area contributed by atoms with Crippen molar-refractivity contribution in [2.24, 2.45) is 0 Å². The lowest BCUT2D eigenvalue weighted by Crippen LogP contribution is -1.97. The van der Waals surface area contributed by atoms with Gasteiger partial charge in [-0.2, -0.15) is 0 Å². The van der Waals surface area contributed by atoms with E-state index in [1.165, 1.54) is 0 Å². The normalized spacial score (nSPS) is 9.50. The van der Waals surface area contributed by atoms with Crippen LogP contribution in [0, 0.1) is 0 Å². The van der Waals surface area contributed by atoms with Gasteiger partial charge in [-0.15, -0.1) is 0 Å². The number of hydrogen-bond donors (Lipinski definition) is 0. The monoisotopic (exact) mass is 161 g/mol. The van der Waals surface area contributed by atoms with Gasteiger partial charge < -0.3 is 0 Å².